The Bertz CT molecular complexity index is 857. The first kappa shape index (κ1) is 17.3. The van der Waals surface area contributed by atoms with E-state index in [0.717, 1.165) is 22.7 Å². The summed E-state index contributed by atoms with van der Waals surface area (Å²) in [4.78, 5) is 12.3. The van der Waals surface area contributed by atoms with Crippen molar-refractivity contribution < 1.29 is 9.21 Å². The Balaban J connectivity index is 1.63. The molecule has 25 heavy (non-hydrogen) atoms. The smallest absolute Gasteiger partial charge is 0.233 e. The highest BCUT2D eigenvalue weighted by atomic mass is 32.2. The summed E-state index contributed by atoms with van der Waals surface area (Å²) in [6.45, 7) is 4.27. The van der Waals surface area contributed by atoms with Gasteiger partial charge in [-0.3, -0.25) is 4.79 Å². The SMILES string of the molecule is Cc1occc1-c1nnc(S[C@H](C)C(=O)NCc2ccccc2)n1C. The van der Waals surface area contributed by atoms with Crippen LogP contribution in [0.4, 0.5) is 0 Å². The van der Waals surface area contributed by atoms with Gasteiger partial charge in [-0.25, -0.2) is 0 Å². The van der Waals surface area contributed by atoms with Gasteiger partial charge in [0.25, 0.3) is 0 Å². The minimum Gasteiger partial charge on any atom is -0.469 e. The van der Waals surface area contributed by atoms with Crippen molar-refractivity contribution in [1.29, 1.82) is 0 Å². The molecule has 3 rings (SSSR count). The molecule has 0 saturated carbocycles. The van der Waals surface area contributed by atoms with Gasteiger partial charge in [0.15, 0.2) is 11.0 Å². The molecule has 0 aliphatic heterocycles. The van der Waals surface area contributed by atoms with Gasteiger partial charge in [0.1, 0.15) is 5.76 Å². The molecule has 0 aliphatic rings. The quantitative estimate of drug-likeness (QED) is 0.687. The van der Waals surface area contributed by atoms with Crippen LogP contribution in [0.5, 0.6) is 0 Å². The van der Waals surface area contributed by atoms with E-state index in [9.17, 15) is 4.79 Å². The van der Waals surface area contributed by atoms with Crippen LogP contribution in [0.1, 0.15) is 18.2 Å². The molecule has 2 heterocycles. The molecule has 0 unspecified atom stereocenters. The van der Waals surface area contributed by atoms with Crippen LogP contribution in [-0.4, -0.2) is 25.9 Å². The van der Waals surface area contributed by atoms with E-state index in [4.69, 9.17) is 4.42 Å². The van der Waals surface area contributed by atoms with Gasteiger partial charge in [0.2, 0.25) is 5.91 Å². The summed E-state index contributed by atoms with van der Waals surface area (Å²) in [7, 11) is 1.89. The van der Waals surface area contributed by atoms with Crippen molar-refractivity contribution in [3.8, 4) is 11.4 Å². The lowest BCUT2D eigenvalue weighted by Gasteiger charge is -2.11. The van der Waals surface area contributed by atoms with Crippen LogP contribution in [0.2, 0.25) is 0 Å². The second-order valence-electron chi connectivity index (χ2n) is 5.72. The average Bonchev–Trinajstić information content (AvgIpc) is 3.19. The van der Waals surface area contributed by atoms with Crippen LogP contribution in [0.3, 0.4) is 0 Å². The normalized spacial score (nSPS) is 12.1. The standard InChI is InChI=1S/C18H20N4O2S/c1-12-15(9-10-24-12)16-20-21-18(22(16)3)25-13(2)17(23)19-11-14-7-5-4-6-8-14/h4-10,13H,11H2,1-3H3,(H,19,23)/t13-/m1/s1. The third kappa shape index (κ3) is 3.93. The third-order valence-electron chi connectivity index (χ3n) is 3.90. The molecule has 0 radical (unpaired) electrons. The van der Waals surface area contributed by atoms with Crippen molar-refractivity contribution in [3.63, 3.8) is 0 Å². The third-order valence-corrected chi connectivity index (χ3v) is 5.03. The number of carbonyl (C=O) groups excluding carboxylic acids is 1. The van der Waals surface area contributed by atoms with E-state index in [-0.39, 0.29) is 11.2 Å². The second kappa shape index (κ2) is 7.57. The molecule has 0 aliphatic carbocycles. The van der Waals surface area contributed by atoms with Crippen LogP contribution >= 0.6 is 11.8 Å². The van der Waals surface area contributed by atoms with Gasteiger partial charge in [0, 0.05) is 13.6 Å². The summed E-state index contributed by atoms with van der Waals surface area (Å²) in [6.07, 6.45) is 1.63. The van der Waals surface area contributed by atoms with E-state index in [2.05, 4.69) is 15.5 Å². The van der Waals surface area contributed by atoms with Crippen LogP contribution in [-0.2, 0) is 18.4 Å². The number of aromatic nitrogens is 3. The fourth-order valence-corrected chi connectivity index (χ4v) is 3.25. The summed E-state index contributed by atoms with van der Waals surface area (Å²) in [5.41, 5.74) is 1.98. The van der Waals surface area contributed by atoms with E-state index in [1.807, 2.05) is 61.9 Å². The fourth-order valence-electron chi connectivity index (χ4n) is 2.41. The monoisotopic (exact) mass is 356 g/mol. The number of carbonyl (C=O) groups is 1. The van der Waals surface area contributed by atoms with Gasteiger partial charge in [0.05, 0.1) is 17.1 Å². The number of hydrogen-bond acceptors (Lipinski definition) is 5. The lowest BCUT2D eigenvalue weighted by molar-refractivity contribution is -0.120. The molecule has 1 atom stereocenters. The highest BCUT2D eigenvalue weighted by Gasteiger charge is 2.20. The van der Waals surface area contributed by atoms with Crippen molar-refractivity contribution in [2.24, 2.45) is 7.05 Å². The summed E-state index contributed by atoms with van der Waals surface area (Å²) in [6, 6.07) is 11.7. The maximum atomic E-state index is 12.3. The van der Waals surface area contributed by atoms with Crippen molar-refractivity contribution in [3.05, 3.63) is 54.0 Å². The molecule has 0 bridgehead atoms. The Labute approximate surface area is 150 Å². The number of nitrogens with zero attached hydrogens (tertiary/aromatic N) is 3. The Morgan fingerprint density at radius 3 is 2.72 bits per heavy atom. The largest absolute Gasteiger partial charge is 0.469 e. The van der Waals surface area contributed by atoms with Gasteiger partial charge in [-0.05, 0) is 25.5 Å². The molecular weight excluding hydrogens is 336 g/mol. The molecule has 1 amide bonds. The number of aryl methyl sites for hydroxylation is 1. The zero-order valence-corrected chi connectivity index (χ0v) is 15.2. The molecule has 6 nitrogen and oxygen atoms in total. The molecule has 0 spiro atoms. The van der Waals surface area contributed by atoms with Gasteiger partial charge >= 0.3 is 0 Å². The van der Waals surface area contributed by atoms with Crippen molar-refractivity contribution in [2.75, 3.05) is 0 Å². The van der Waals surface area contributed by atoms with E-state index in [0.29, 0.717) is 11.7 Å². The average molecular weight is 356 g/mol. The highest BCUT2D eigenvalue weighted by Crippen LogP contribution is 2.27. The maximum Gasteiger partial charge on any atom is 0.233 e. The molecule has 1 N–H and O–H groups in total. The van der Waals surface area contributed by atoms with Gasteiger partial charge < -0.3 is 14.3 Å². The van der Waals surface area contributed by atoms with Crippen LogP contribution in [0, 0.1) is 6.92 Å². The second-order valence-corrected chi connectivity index (χ2v) is 7.03. The molecule has 0 saturated heterocycles. The zero-order valence-electron chi connectivity index (χ0n) is 14.4. The number of benzene rings is 1. The van der Waals surface area contributed by atoms with Gasteiger partial charge in [-0.15, -0.1) is 10.2 Å². The highest BCUT2D eigenvalue weighted by molar-refractivity contribution is 8.00. The lowest BCUT2D eigenvalue weighted by atomic mass is 10.2. The van der Waals surface area contributed by atoms with Crippen LogP contribution in [0.25, 0.3) is 11.4 Å². The Morgan fingerprint density at radius 1 is 1.28 bits per heavy atom. The summed E-state index contributed by atoms with van der Waals surface area (Å²) in [5.74, 6) is 1.49. The van der Waals surface area contributed by atoms with Crippen LogP contribution in [0.15, 0.2) is 52.2 Å². The van der Waals surface area contributed by atoms with Crippen LogP contribution < -0.4 is 5.32 Å². The van der Waals surface area contributed by atoms with E-state index in [1.54, 1.807) is 6.26 Å². The van der Waals surface area contributed by atoms with Crippen molar-refractivity contribution in [2.45, 2.75) is 30.8 Å². The topological polar surface area (TPSA) is 72.9 Å². The minimum atomic E-state index is -0.273. The summed E-state index contributed by atoms with van der Waals surface area (Å²) in [5, 5.41) is 11.8. The van der Waals surface area contributed by atoms with Crippen molar-refractivity contribution in [1.82, 2.24) is 20.1 Å². The Morgan fingerprint density at radius 2 is 2.04 bits per heavy atom. The first-order chi connectivity index (χ1) is 12.1. The molecule has 7 heteroatoms. The fraction of sp³-hybridized carbons (Fsp3) is 0.278. The Kier molecular flexibility index (Phi) is 5.23. The predicted molar refractivity (Wildman–Crippen MR) is 97.0 cm³/mol. The Hall–Kier alpha value is -2.54. The molecule has 0 fully saturated rings. The minimum absolute atomic E-state index is 0.0297. The number of hydrogen-bond donors (Lipinski definition) is 1. The molecule has 130 valence electrons. The molecule has 3 aromatic rings. The first-order valence-electron chi connectivity index (χ1n) is 7.98. The van der Waals surface area contributed by atoms with E-state index < -0.39 is 0 Å². The van der Waals surface area contributed by atoms with E-state index in [1.165, 1.54) is 11.8 Å². The number of thioether (sulfide) groups is 1. The maximum absolute atomic E-state index is 12.3. The summed E-state index contributed by atoms with van der Waals surface area (Å²) < 4.78 is 7.20. The molecule has 2 aromatic heterocycles. The first-order valence-corrected chi connectivity index (χ1v) is 8.86. The van der Waals surface area contributed by atoms with E-state index >= 15 is 0 Å². The summed E-state index contributed by atoms with van der Waals surface area (Å²) >= 11 is 1.38. The number of furan rings is 1. The van der Waals surface area contributed by atoms with Crippen molar-refractivity contribution >= 4 is 17.7 Å². The molecular formula is C18H20N4O2S. The number of nitrogens with one attached hydrogen (secondary N) is 1. The lowest BCUT2D eigenvalue weighted by Crippen LogP contribution is -2.30. The zero-order chi connectivity index (χ0) is 17.8. The predicted octanol–water partition coefficient (Wildman–Crippen LogP) is 3.18. The van der Waals surface area contributed by atoms with Gasteiger partial charge in [-0.2, -0.15) is 0 Å². The number of rotatable bonds is 6. The molecule has 1 aromatic carbocycles. The van der Waals surface area contributed by atoms with Gasteiger partial charge in [-0.1, -0.05) is 42.1 Å². The number of amides is 1.